The summed E-state index contributed by atoms with van der Waals surface area (Å²) in [5, 5.41) is 8.60. The van der Waals surface area contributed by atoms with E-state index in [1.54, 1.807) is 0 Å². The van der Waals surface area contributed by atoms with Gasteiger partial charge in [0.25, 0.3) is 0 Å². The van der Waals surface area contributed by atoms with Gasteiger partial charge in [0.05, 0.1) is 12.5 Å². The number of methoxy groups -OCH3 is 1. The fourth-order valence-electron chi connectivity index (χ4n) is 2.36. The Balaban J connectivity index is 2.48. The fraction of sp³-hybridized carbons (Fsp3) is 0.222. The molecule has 0 aromatic heterocycles. The molecule has 0 heterocycles. The quantitative estimate of drug-likeness (QED) is 0.607. The lowest BCUT2D eigenvalue weighted by Crippen LogP contribution is -2.40. The lowest BCUT2D eigenvalue weighted by Gasteiger charge is -2.31. The van der Waals surface area contributed by atoms with Gasteiger partial charge in [0.2, 0.25) is 5.60 Å². The highest BCUT2D eigenvalue weighted by molar-refractivity contribution is 5.85. The van der Waals surface area contributed by atoms with Gasteiger partial charge in [-0.05, 0) is 11.1 Å². The van der Waals surface area contributed by atoms with Crippen LogP contribution in [0.1, 0.15) is 17.5 Å². The maximum Gasteiger partial charge on any atom is 0.347 e. The number of hydrogen-bond donors (Lipinski definition) is 0. The zero-order chi connectivity index (χ0) is 15.8. The molecular formula is C18H17NO3. The van der Waals surface area contributed by atoms with E-state index < -0.39 is 11.6 Å². The monoisotopic (exact) mass is 295 g/mol. The van der Waals surface area contributed by atoms with Crippen LogP contribution >= 0.6 is 0 Å². The van der Waals surface area contributed by atoms with E-state index in [1.807, 2.05) is 66.7 Å². The van der Waals surface area contributed by atoms with Gasteiger partial charge in [0.15, 0.2) is 0 Å². The number of hydrogen-bond acceptors (Lipinski definition) is 4. The van der Waals surface area contributed by atoms with Gasteiger partial charge < -0.3 is 9.47 Å². The number of rotatable bonds is 6. The standard InChI is InChI=1S/C18H17NO3/c1-21-18(15-9-4-2-5-10-15,16-11-6-3-7-12-16)17(20)22-14-8-13-19/h2-7,9-12H,8,14H2,1H3. The summed E-state index contributed by atoms with van der Waals surface area (Å²) in [5.74, 6) is -0.525. The average Bonchev–Trinajstić information content (AvgIpc) is 2.58. The summed E-state index contributed by atoms with van der Waals surface area (Å²) >= 11 is 0. The van der Waals surface area contributed by atoms with E-state index in [0.29, 0.717) is 11.1 Å². The Hall–Kier alpha value is -2.64. The van der Waals surface area contributed by atoms with Gasteiger partial charge >= 0.3 is 5.97 Å². The molecular weight excluding hydrogens is 278 g/mol. The molecule has 0 radical (unpaired) electrons. The Kier molecular flexibility index (Phi) is 5.29. The van der Waals surface area contributed by atoms with Crippen molar-refractivity contribution in [2.75, 3.05) is 13.7 Å². The van der Waals surface area contributed by atoms with Gasteiger partial charge in [0, 0.05) is 7.11 Å². The van der Waals surface area contributed by atoms with Crippen LogP contribution in [0.15, 0.2) is 60.7 Å². The first kappa shape index (κ1) is 15.7. The van der Waals surface area contributed by atoms with E-state index in [-0.39, 0.29) is 13.0 Å². The van der Waals surface area contributed by atoms with Crippen molar-refractivity contribution < 1.29 is 14.3 Å². The minimum absolute atomic E-state index is 0.0418. The van der Waals surface area contributed by atoms with E-state index in [1.165, 1.54) is 7.11 Å². The second-order valence-electron chi connectivity index (χ2n) is 4.66. The molecule has 0 fully saturated rings. The van der Waals surface area contributed by atoms with Crippen molar-refractivity contribution in [3.8, 4) is 6.07 Å². The molecule has 0 atom stereocenters. The molecule has 0 aliphatic heterocycles. The van der Waals surface area contributed by atoms with Gasteiger partial charge in [-0.15, -0.1) is 0 Å². The van der Waals surface area contributed by atoms with Gasteiger partial charge in [0.1, 0.15) is 6.61 Å². The summed E-state index contributed by atoms with van der Waals surface area (Å²) in [4.78, 5) is 12.7. The fourth-order valence-corrected chi connectivity index (χ4v) is 2.36. The van der Waals surface area contributed by atoms with Crippen LogP contribution in [0.5, 0.6) is 0 Å². The van der Waals surface area contributed by atoms with Crippen LogP contribution in [0.4, 0.5) is 0 Å². The molecule has 4 heteroatoms. The first-order chi connectivity index (χ1) is 10.8. The van der Waals surface area contributed by atoms with Crippen LogP contribution in [0.2, 0.25) is 0 Å². The summed E-state index contributed by atoms with van der Waals surface area (Å²) in [6.45, 7) is 0.0418. The van der Waals surface area contributed by atoms with Gasteiger partial charge in [-0.25, -0.2) is 4.79 Å². The van der Waals surface area contributed by atoms with E-state index in [9.17, 15) is 4.79 Å². The molecule has 0 saturated heterocycles. The Morgan fingerprint density at radius 3 is 1.95 bits per heavy atom. The van der Waals surface area contributed by atoms with Crippen molar-refractivity contribution in [2.24, 2.45) is 0 Å². The maximum absolute atomic E-state index is 12.7. The van der Waals surface area contributed by atoms with Crippen LogP contribution in [0, 0.1) is 11.3 Å². The Bertz CT molecular complexity index is 608. The third kappa shape index (κ3) is 3.00. The van der Waals surface area contributed by atoms with Crippen LogP contribution in [-0.2, 0) is 19.9 Å². The lowest BCUT2D eigenvalue weighted by atomic mass is 9.86. The van der Waals surface area contributed by atoms with Gasteiger partial charge in [-0.2, -0.15) is 5.26 Å². The van der Waals surface area contributed by atoms with Gasteiger partial charge in [-0.3, -0.25) is 0 Å². The minimum atomic E-state index is -1.34. The molecule has 0 saturated carbocycles. The number of carbonyl (C=O) groups is 1. The predicted octanol–water partition coefficient (Wildman–Crippen LogP) is 3.03. The summed E-state index contributed by atoms with van der Waals surface area (Å²) in [7, 11) is 1.48. The number of carbonyl (C=O) groups excluding carboxylic acids is 1. The number of esters is 1. The molecule has 2 aromatic carbocycles. The molecule has 0 spiro atoms. The number of nitrogens with zero attached hydrogens (tertiary/aromatic N) is 1. The smallest absolute Gasteiger partial charge is 0.347 e. The number of nitriles is 1. The average molecular weight is 295 g/mol. The second kappa shape index (κ2) is 7.39. The van der Waals surface area contributed by atoms with Crippen molar-refractivity contribution in [3.05, 3.63) is 71.8 Å². The zero-order valence-corrected chi connectivity index (χ0v) is 12.4. The van der Waals surface area contributed by atoms with E-state index in [2.05, 4.69) is 0 Å². The van der Waals surface area contributed by atoms with Crippen LogP contribution in [0.3, 0.4) is 0 Å². The lowest BCUT2D eigenvalue weighted by molar-refractivity contribution is -0.165. The van der Waals surface area contributed by atoms with E-state index >= 15 is 0 Å². The van der Waals surface area contributed by atoms with Crippen LogP contribution in [0.25, 0.3) is 0 Å². The molecule has 0 aliphatic rings. The summed E-state index contributed by atoms with van der Waals surface area (Å²) in [6.07, 6.45) is 0.148. The third-order valence-electron chi connectivity index (χ3n) is 3.40. The van der Waals surface area contributed by atoms with Crippen molar-refractivity contribution in [3.63, 3.8) is 0 Å². The van der Waals surface area contributed by atoms with Crippen LogP contribution < -0.4 is 0 Å². The number of benzene rings is 2. The highest BCUT2D eigenvalue weighted by Gasteiger charge is 2.44. The molecule has 4 nitrogen and oxygen atoms in total. The molecule has 0 bridgehead atoms. The highest BCUT2D eigenvalue weighted by Crippen LogP contribution is 2.34. The zero-order valence-electron chi connectivity index (χ0n) is 12.4. The van der Waals surface area contributed by atoms with Crippen molar-refractivity contribution in [1.82, 2.24) is 0 Å². The first-order valence-electron chi connectivity index (χ1n) is 6.96. The predicted molar refractivity (Wildman–Crippen MR) is 81.9 cm³/mol. The van der Waals surface area contributed by atoms with Crippen molar-refractivity contribution in [1.29, 1.82) is 5.26 Å². The largest absolute Gasteiger partial charge is 0.462 e. The summed E-state index contributed by atoms with van der Waals surface area (Å²) in [5.41, 5.74) is 0.0362. The summed E-state index contributed by atoms with van der Waals surface area (Å²) in [6, 6.07) is 20.3. The molecule has 0 N–H and O–H groups in total. The molecule has 0 unspecified atom stereocenters. The molecule has 2 rings (SSSR count). The normalized spacial score (nSPS) is 10.7. The molecule has 22 heavy (non-hydrogen) atoms. The number of ether oxygens (including phenoxy) is 2. The third-order valence-corrected chi connectivity index (χ3v) is 3.40. The Labute approximate surface area is 129 Å². The van der Waals surface area contributed by atoms with Crippen molar-refractivity contribution >= 4 is 5.97 Å². The molecule has 112 valence electrons. The molecule has 0 aliphatic carbocycles. The Morgan fingerprint density at radius 2 is 1.55 bits per heavy atom. The SMILES string of the molecule is COC(C(=O)OCCC#N)(c1ccccc1)c1ccccc1. The Morgan fingerprint density at radius 1 is 1.05 bits per heavy atom. The maximum atomic E-state index is 12.7. The first-order valence-corrected chi connectivity index (χ1v) is 6.96. The van der Waals surface area contributed by atoms with Gasteiger partial charge in [-0.1, -0.05) is 60.7 Å². The summed E-state index contributed by atoms with van der Waals surface area (Å²) < 4.78 is 10.9. The second-order valence-corrected chi connectivity index (χ2v) is 4.66. The topological polar surface area (TPSA) is 59.3 Å². The molecule has 0 amide bonds. The van der Waals surface area contributed by atoms with E-state index in [4.69, 9.17) is 14.7 Å². The minimum Gasteiger partial charge on any atom is -0.462 e. The van der Waals surface area contributed by atoms with Crippen molar-refractivity contribution in [2.45, 2.75) is 12.0 Å². The highest BCUT2D eigenvalue weighted by atomic mass is 16.6. The van der Waals surface area contributed by atoms with Crippen LogP contribution in [-0.4, -0.2) is 19.7 Å². The molecule has 2 aromatic rings. The van der Waals surface area contributed by atoms with E-state index in [0.717, 1.165) is 0 Å².